The molecule has 0 aliphatic heterocycles. The summed E-state index contributed by atoms with van der Waals surface area (Å²) in [5.74, 6) is 0. The molecule has 0 saturated heterocycles. The van der Waals surface area contributed by atoms with Crippen molar-refractivity contribution >= 4 is 52.0 Å². The van der Waals surface area contributed by atoms with E-state index in [-0.39, 0.29) is 0 Å². The van der Waals surface area contributed by atoms with Crippen LogP contribution in [0.3, 0.4) is 0 Å². The van der Waals surface area contributed by atoms with Crippen LogP contribution in [-0.2, 0) is 0 Å². The van der Waals surface area contributed by atoms with Crippen molar-refractivity contribution in [2.24, 2.45) is 10.2 Å². The third-order valence-corrected chi connectivity index (χ3v) is 4.36. The first-order valence-corrected chi connectivity index (χ1v) is 8.93. The lowest BCUT2D eigenvalue weighted by molar-refractivity contribution is 0.867. The van der Waals surface area contributed by atoms with E-state index in [1.54, 1.807) is 0 Å². The third kappa shape index (κ3) is 4.96. The van der Waals surface area contributed by atoms with Gasteiger partial charge in [-0.2, -0.15) is 10.2 Å². The summed E-state index contributed by atoms with van der Waals surface area (Å²) in [6.45, 7) is 0. The van der Waals surface area contributed by atoms with Crippen molar-refractivity contribution in [1.29, 1.82) is 0 Å². The summed E-state index contributed by atoms with van der Waals surface area (Å²) in [5, 5.41) is 9.12. The molecule has 122 valence electrons. The van der Waals surface area contributed by atoms with E-state index < -0.39 is 0 Å². The Morgan fingerprint density at radius 2 is 1.50 bits per heavy atom. The Labute approximate surface area is 152 Å². The minimum Gasteiger partial charge on any atom is -0.279 e. The molecule has 2 aromatic carbocycles. The summed E-state index contributed by atoms with van der Waals surface area (Å²) in [4.78, 5) is 0. The number of hydrogen-bond donors (Lipinski definition) is 2. The van der Waals surface area contributed by atoms with Crippen molar-refractivity contribution in [1.82, 2.24) is 0 Å². The summed E-state index contributed by atoms with van der Waals surface area (Å²) in [6.07, 6.45) is 3.95. The van der Waals surface area contributed by atoms with E-state index >= 15 is 0 Å². The molecule has 0 amide bonds. The number of benzene rings is 2. The lowest BCUT2D eigenvalue weighted by Gasteiger charge is -2.16. The Hall–Kier alpha value is -2.08. The van der Waals surface area contributed by atoms with Crippen molar-refractivity contribution in [2.75, 3.05) is 10.9 Å². The fourth-order valence-electron chi connectivity index (χ4n) is 2.66. The predicted octanol–water partition coefficient (Wildman–Crippen LogP) is 3.52. The first-order chi connectivity index (χ1) is 11.7. The van der Waals surface area contributed by atoms with Gasteiger partial charge in [0.15, 0.2) is 0 Å². The minimum atomic E-state index is 0.819. The largest absolute Gasteiger partial charge is 0.279 e. The molecular formula is C18H20BBrN4. The Balaban J connectivity index is 1.61. The molecular weight excluding hydrogens is 363 g/mol. The summed E-state index contributed by atoms with van der Waals surface area (Å²) in [5.41, 5.74) is 11.8. The molecule has 1 aliphatic rings. The maximum absolute atomic E-state index is 4.56. The summed E-state index contributed by atoms with van der Waals surface area (Å²) >= 11 is 3.47. The van der Waals surface area contributed by atoms with Crippen LogP contribution in [-0.4, -0.2) is 19.3 Å². The maximum Gasteiger partial charge on any atom is 0.139 e. The molecule has 2 aromatic rings. The molecule has 4 nitrogen and oxygen atoms in total. The second-order valence-electron chi connectivity index (χ2n) is 5.99. The normalized spacial score (nSPS) is 17.9. The van der Waals surface area contributed by atoms with Gasteiger partial charge in [0.25, 0.3) is 0 Å². The molecule has 0 radical (unpaired) electrons. The quantitative estimate of drug-likeness (QED) is 0.627. The van der Waals surface area contributed by atoms with E-state index in [2.05, 4.69) is 57.0 Å². The predicted molar refractivity (Wildman–Crippen MR) is 109 cm³/mol. The van der Waals surface area contributed by atoms with Crippen LogP contribution < -0.4 is 16.3 Å². The zero-order valence-electron chi connectivity index (χ0n) is 13.7. The minimum absolute atomic E-state index is 0.819. The van der Waals surface area contributed by atoms with E-state index in [1.807, 2.05) is 36.4 Å². The number of hydrogen-bond acceptors (Lipinski definition) is 4. The van der Waals surface area contributed by atoms with Gasteiger partial charge >= 0.3 is 0 Å². The SMILES string of the molecule is Bc1cccc(N/N=C2\CCC/C(=N\Nc3cccc(Br)c3)C2)c1. The number of rotatable bonds is 4. The Kier molecular flexibility index (Phi) is 5.70. The molecule has 1 saturated carbocycles. The van der Waals surface area contributed by atoms with Gasteiger partial charge in [-0.05, 0) is 49.6 Å². The van der Waals surface area contributed by atoms with Crippen LogP contribution in [0.1, 0.15) is 25.7 Å². The second kappa shape index (κ2) is 8.15. The zero-order valence-corrected chi connectivity index (χ0v) is 15.3. The zero-order chi connectivity index (χ0) is 16.8. The highest BCUT2D eigenvalue weighted by molar-refractivity contribution is 9.10. The number of nitrogens with one attached hydrogen (secondary N) is 2. The molecule has 1 fully saturated rings. The van der Waals surface area contributed by atoms with Crippen LogP contribution in [0, 0.1) is 0 Å². The third-order valence-electron chi connectivity index (χ3n) is 3.87. The molecule has 24 heavy (non-hydrogen) atoms. The van der Waals surface area contributed by atoms with Crippen LogP contribution in [0.2, 0.25) is 0 Å². The molecule has 1 aliphatic carbocycles. The first kappa shape index (κ1) is 16.8. The van der Waals surface area contributed by atoms with Crippen LogP contribution in [0.5, 0.6) is 0 Å². The Morgan fingerprint density at radius 3 is 2.12 bits per heavy atom. The number of halogens is 1. The van der Waals surface area contributed by atoms with Gasteiger partial charge in [0.2, 0.25) is 0 Å². The van der Waals surface area contributed by atoms with Gasteiger partial charge in [0, 0.05) is 22.3 Å². The summed E-state index contributed by atoms with van der Waals surface area (Å²) in [7, 11) is 2.08. The van der Waals surface area contributed by atoms with E-state index in [0.29, 0.717) is 0 Å². The fraction of sp³-hybridized carbons (Fsp3) is 0.222. The van der Waals surface area contributed by atoms with Gasteiger partial charge in [-0.3, -0.25) is 10.9 Å². The van der Waals surface area contributed by atoms with Crippen LogP contribution in [0.25, 0.3) is 0 Å². The Bertz CT molecular complexity index is 710. The topological polar surface area (TPSA) is 48.8 Å². The van der Waals surface area contributed by atoms with Crippen molar-refractivity contribution in [2.45, 2.75) is 25.7 Å². The number of nitrogens with zero attached hydrogens (tertiary/aromatic N) is 2. The van der Waals surface area contributed by atoms with Crippen molar-refractivity contribution in [3.63, 3.8) is 0 Å². The molecule has 0 bridgehead atoms. The van der Waals surface area contributed by atoms with Gasteiger partial charge in [-0.1, -0.05) is 39.6 Å². The molecule has 0 unspecified atom stereocenters. The first-order valence-electron chi connectivity index (χ1n) is 8.14. The van der Waals surface area contributed by atoms with Crippen molar-refractivity contribution < 1.29 is 0 Å². The van der Waals surface area contributed by atoms with Crippen LogP contribution in [0.4, 0.5) is 11.4 Å². The molecule has 0 aromatic heterocycles. The average Bonchev–Trinajstić information content (AvgIpc) is 2.59. The lowest BCUT2D eigenvalue weighted by atomic mass is 9.96. The fourth-order valence-corrected chi connectivity index (χ4v) is 3.06. The summed E-state index contributed by atoms with van der Waals surface area (Å²) < 4.78 is 1.04. The van der Waals surface area contributed by atoms with Gasteiger partial charge in [-0.25, -0.2) is 0 Å². The second-order valence-corrected chi connectivity index (χ2v) is 6.91. The standard InChI is InChI=1S/C18H20BBrN4/c19-13-4-1-6-15(10-13)21-23-17-8-3-9-18(12-17)24-22-16-7-2-5-14(20)11-16/h1-2,4-7,10-11,21-22H,3,8-9,12,19H2/b23-17+,24-18+. The highest BCUT2D eigenvalue weighted by atomic mass is 79.9. The maximum atomic E-state index is 4.56. The molecule has 0 spiro atoms. The molecule has 0 atom stereocenters. The van der Waals surface area contributed by atoms with E-state index in [1.165, 1.54) is 5.46 Å². The Morgan fingerprint density at radius 1 is 0.875 bits per heavy atom. The van der Waals surface area contributed by atoms with E-state index in [0.717, 1.165) is 53.0 Å². The highest BCUT2D eigenvalue weighted by Crippen LogP contribution is 2.18. The van der Waals surface area contributed by atoms with Gasteiger partial charge in [-0.15, -0.1) is 0 Å². The molecule has 6 heteroatoms. The van der Waals surface area contributed by atoms with E-state index in [4.69, 9.17) is 0 Å². The lowest BCUT2D eigenvalue weighted by Crippen LogP contribution is -2.17. The average molecular weight is 383 g/mol. The van der Waals surface area contributed by atoms with Crippen LogP contribution >= 0.6 is 15.9 Å². The smallest absolute Gasteiger partial charge is 0.139 e. The highest BCUT2D eigenvalue weighted by Gasteiger charge is 2.13. The molecule has 0 heterocycles. The van der Waals surface area contributed by atoms with Crippen molar-refractivity contribution in [3.05, 3.63) is 53.0 Å². The van der Waals surface area contributed by atoms with Gasteiger partial charge in [0.1, 0.15) is 7.85 Å². The molecule has 2 N–H and O–H groups in total. The number of hydrazone groups is 2. The number of anilines is 2. The van der Waals surface area contributed by atoms with E-state index in [9.17, 15) is 0 Å². The van der Waals surface area contributed by atoms with Crippen LogP contribution in [0.15, 0.2) is 63.2 Å². The van der Waals surface area contributed by atoms with Gasteiger partial charge in [0.05, 0.1) is 11.4 Å². The molecule has 3 rings (SSSR count). The van der Waals surface area contributed by atoms with Gasteiger partial charge < -0.3 is 0 Å². The summed E-state index contributed by atoms with van der Waals surface area (Å²) in [6, 6.07) is 16.3. The van der Waals surface area contributed by atoms with Crippen molar-refractivity contribution in [3.8, 4) is 0 Å². The monoisotopic (exact) mass is 382 g/mol.